The van der Waals surface area contributed by atoms with Crippen LogP contribution in [0.4, 0.5) is 0 Å². The standard InChI is InChI=1S/C16H33N3O/c1-6-9-18-16(4,14-17)8-7-10-19(11-12-20-5)13-15(2)3/h15,18H,6-13H2,1-5H3. The average Bonchev–Trinajstić information content (AvgIpc) is 2.41. The molecule has 0 fully saturated rings. The summed E-state index contributed by atoms with van der Waals surface area (Å²) < 4.78 is 5.17. The van der Waals surface area contributed by atoms with Crippen molar-refractivity contribution in [3.05, 3.63) is 0 Å². The summed E-state index contributed by atoms with van der Waals surface area (Å²) in [5.74, 6) is 0.660. The van der Waals surface area contributed by atoms with Crippen molar-refractivity contribution in [1.29, 1.82) is 5.26 Å². The molecule has 0 aliphatic heterocycles. The fourth-order valence-electron chi connectivity index (χ4n) is 2.27. The maximum atomic E-state index is 9.32. The summed E-state index contributed by atoms with van der Waals surface area (Å²) in [7, 11) is 1.75. The zero-order valence-electron chi connectivity index (χ0n) is 14.0. The Morgan fingerprint density at radius 2 is 2.05 bits per heavy atom. The number of nitrogens with one attached hydrogen (secondary N) is 1. The van der Waals surface area contributed by atoms with Crippen LogP contribution in [-0.2, 0) is 4.74 Å². The van der Waals surface area contributed by atoms with Gasteiger partial charge in [0.1, 0.15) is 5.54 Å². The summed E-state index contributed by atoms with van der Waals surface area (Å²) in [6, 6.07) is 2.42. The first-order chi connectivity index (χ1) is 9.47. The molecule has 0 rings (SSSR count). The van der Waals surface area contributed by atoms with Gasteiger partial charge in [-0.1, -0.05) is 20.8 Å². The molecule has 0 aliphatic rings. The molecule has 1 atom stereocenters. The van der Waals surface area contributed by atoms with Gasteiger partial charge in [-0.15, -0.1) is 0 Å². The number of hydrogen-bond donors (Lipinski definition) is 1. The first-order valence-corrected chi connectivity index (χ1v) is 7.85. The fourth-order valence-corrected chi connectivity index (χ4v) is 2.27. The Kier molecular flexibility index (Phi) is 10.7. The number of ether oxygens (including phenoxy) is 1. The van der Waals surface area contributed by atoms with E-state index in [1.807, 2.05) is 6.92 Å². The second kappa shape index (κ2) is 11.1. The Hall–Kier alpha value is -0.630. The van der Waals surface area contributed by atoms with Gasteiger partial charge in [-0.05, 0) is 45.2 Å². The number of hydrogen-bond acceptors (Lipinski definition) is 4. The lowest BCUT2D eigenvalue weighted by atomic mass is 9.97. The highest BCUT2D eigenvalue weighted by Gasteiger charge is 2.22. The minimum absolute atomic E-state index is 0.388. The van der Waals surface area contributed by atoms with Crippen molar-refractivity contribution in [2.24, 2.45) is 5.92 Å². The molecule has 0 amide bonds. The zero-order valence-corrected chi connectivity index (χ0v) is 14.0. The third-order valence-corrected chi connectivity index (χ3v) is 3.40. The summed E-state index contributed by atoms with van der Waals surface area (Å²) in [6.45, 7) is 13.4. The van der Waals surface area contributed by atoms with Gasteiger partial charge in [-0.25, -0.2) is 0 Å². The summed E-state index contributed by atoms with van der Waals surface area (Å²) in [4.78, 5) is 2.44. The van der Waals surface area contributed by atoms with Gasteiger partial charge < -0.3 is 9.64 Å². The number of nitrogens with zero attached hydrogens (tertiary/aromatic N) is 2. The van der Waals surface area contributed by atoms with Crippen molar-refractivity contribution in [3.63, 3.8) is 0 Å². The smallest absolute Gasteiger partial charge is 0.103 e. The van der Waals surface area contributed by atoms with Crippen molar-refractivity contribution in [2.75, 3.05) is 39.9 Å². The topological polar surface area (TPSA) is 48.3 Å². The van der Waals surface area contributed by atoms with Crippen LogP contribution in [-0.4, -0.2) is 50.3 Å². The second-order valence-electron chi connectivity index (χ2n) is 6.16. The van der Waals surface area contributed by atoms with Gasteiger partial charge in [0, 0.05) is 20.2 Å². The molecule has 0 saturated carbocycles. The highest BCUT2D eigenvalue weighted by molar-refractivity contribution is 5.03. The van der Waals surface area contributed by atoms with Crippen LogP contribution in [0.3, 0.4) is 0 Å². The lowest BCUT2D eigenvalue weighted by molar-refractivity contribution is 0.137. The Morgan fingerprint density at radius 1 is 1.35 bits per heavy atom. The molecule has 4 heteroatoms. The third-order valence-electron chi connectivity index (χ3n) is 3.40. The second-order valence-corrected chi connectivity index (χ2v) is 6.16. The van der Waals surface area contributed by atoms with Gasteiger partial charge in [0.25, 0.3) is 0 Å². The van der Waals surface area contributed by atoms with Gasteiger partial charge in [0.2, 0.25) is 0 Å². The molecule has 0 aliphatic carbocycles. The van der Waals surface area contributed by atoms with Gasteiger partial charge in [-0.3, -0.25) is 5.32 Å². The van der Waals surface area contributed by atoms with Crippen molar-refractivity contribution in [2.45, 2.75) is 52.5 Å². The van der Waals surface area contributed by atoms with Crippen LogP contribution in [0.25, 0.3) is 0 Å². The zero-order chi connectivity index (χ0) is 15.4. The highest BCUT2D eigenvalue weighted by Crippen LogP contribution is 2.12. The highest BCUT2D eigenvalue weighted by atomic mass is 16.5. The minimum atomic E-state index is -0.388. The Labute approximate surface area is 125 Å². The molecule has 0 aromatic carbocycles. The lowest BCUT2D eigenvalue weighted by Gasteiger charge is -2.27. The molecular formula is C16H33N3O. The normalized spacial score (nSPS) is 14.5. The van der Waals surface area contributed by atoms with Crippen LogP contribution in [0.5, 0.6) is 0 Å². The van der Waals surface area contributed by atoms with Crippen molar-refractivity contribution in [3.8, 4) is 6.07 Å². The number of nitriles is 1. The summed E-state index contributed by atoms with van der Waals surface area (Å²) in [5, 5.41) is 12.7. The maximum absolute atomic E-state index is 9.32. The molecule has 0 bridgehead atoms. The van der Waals surface area contributed by atoms with Crippen molar-refractivity contribution in [1.82, 2.24) is 10.2 Å². The number of methoxy groups -OCH3 is 1. The van der Waals surface area contributed by atoms with E-state index in [1.54, 1.807) is 7.11 Å². The predicted molar refractivity (Wildman–Crippen MR) is 84.7 cm³/mol. The fraction of sp³-hybridized carbons (Fsp3) is 0.938. The van der Waals surface area contributed by atoms with Crippen LogP contribution in [0.1, 0.15) is 47.0 Å². The molecule has 0 aromatic heterocycles. The minimum Gasteiger partial charge on any atom is -0.383 e. The molecular weight excluding hydrogens is 250 g/mol. The largest absolute Gasteiger partial charge is 0.383 e. The van der Waals surface area contributed by atoms with Crippen LogP contribution in [0.15, 0.2) is 0 Å². The van der Waals surface area contributed by atoms with Crippen LogP contribution < -0.4 is 5.32 Å². The van der Waals surface area contributed by atoms with E-state index in [0.717, 1.165) is 52.0 Å². The molecule has 0 aromatic rings. The van der Waals surface area contributed by atoms with Gasteiger partial charge in [-0.2, -0.15) is 5.26 Å². The Bertz CT molecular complexity index is 275. The van der Waals surface area contributed by atoms with E-state index >= 15 is 0 Å². The summed E-state index contributed by atoms with van der Waals surface area (Å²) in [5.41, 5.74) is -0.388. The van der Waals surface area contributed by atoms with E-state index < -0.39 is 0 Å². The maximum Gasteiger partial charge on any atom is 0.103 e. The van der Waals surface area contributed by atoms with E-state index in [1.165, 1.54) is 0 Å². The van der Waals surface area contributed by atoms with E-state index in [9.17, 15) is 5.26 Å². The van der Waals surface area contributed by atoms with Gasteiger partial charge in [0.15, 0.2) is 0 Å². The van der Waals surface area contributed by atoms with Crippen molar-refractivity contribution >= 4 is 0 Å². The summed E-state index contributed by atoms with van der Waals surface area (Å²) in [6.07, 6.45) is 2.99. The van der Waals surface area contributed by atoms with E-state index in [0.29, 0.717) is 5.92 Å². The molecule has 0 heterocycles. The van der Waals surface area contributed by atoms with E-state index in [4.69, 9.17) is 4.74 Å². The number of rotatable bonds is 12. The first kappa shape index (κ1) is 19.4. The molecule has 0 spiro atoms. The molecule has 1 N–H and O–H groups in total. The lowest BCUT2D eigenvalue weighted by Crippen LogP contribution is -2.42. The summed E-state index contributed by atoms with van der Waals surface area (Å²) >= 11 is 0. The molecule has 0 radical (unpaired) electrons. The monoisotopic (exact) mass is 283 g/mol. The molecule has 4 nitrogen and oxygen atoms in total. The van der Waals surface area contributed by atoms with E-state index in [2.05, 4.69) is 37.1 Å². The van der Waals surface area contributed by atoms with Crippen LogP contribution in [0, 0.1) is 17.2 Å². The van der Waals surface area contributed by atoms with Crippen LogP contribution in [0.2, 0.25) is 0 Å². The molecule has 20 heavy (non-hydrogen) atoms. The third kappa shape index (κ3) is 9.30. The Morgan fingerprint density at radius 3 is 2.55 bits per heavy atom. The quantitative estimate of drug-likeness (QED) is 0.598. The van der Waals surface area contributed by atoms with Crippen LogP contribution >= 0.6 is 0 Å². The predicted octanol–water partition coefficient (Wildman–Crippen LogP) is 2.65. The SMILES string of the molecule is CCCNC(C)(C#N)CCCN(CCOC)CC(C)C. The van der Waals surface area contributed by atoms with E-state index in [-0.39, 0.29) is 5.54 Å². The van der Waals surface area contributed by atoms with Gasteiger partial charge in [0.05, 0.1) is 12.7 Å². The first-order valence-electron chi connectivity index (χ1n) is 7.85. The van der Waals surface area contributed by atoms with Crippen molar-refractivity contribution < 1.29 is 4.74 Å². The molecule has 118 valence electrons. The molecule has 0 saturated heterocycles. The Balaban J connectivity index is 4.15. The molecule has 1 unspecified atom stereocenters. The average molecular weight is 283 g/mol. The van der Waals surface area contributed by atoms with Gasteiger partial charge >= 0.3 is 0 Å².